The van der Waals surface area contributed by atoms with Crippen molar-refractivity contribution in [2.24, 2.45) is 0 Å². The third-order valence-electron chi connectivity index (χ3n) is 6.30. The Kier molecular flexibility index (Phi) is 16.6. The van der Waals surface area contributed by atoms with E-state index in [9.17, 15) is 9.59 Å². The molecule has 1 atom stereocenters. The van der Waals surface area contributed by atoms with Gasteiger partial charge in [-0.3, -0.25) is 4.79 Å². The van der Waals surface area contributed by atoms with Crippen molar-refractivity contribution in [3.8, 4) is 11.5 Å². The Hall–Kier alpha value is -2.42. The number of benzene rings is 2. The molecule has 0 spiro atoms. The number of hydrogen-bond donors (Lipinski definition) is 0. The van der Waals surface area contributed by atoms with Crippen molar-refractivity contribution >= 4 is 28.2 Å². The number of carbonyl (C=O) groups is 2. The van der Waals surface area contributed by atoms with Gasteiger partial charge in [0.15, 0.2) is 0 Å². The largest absolute Gasteiger partial charge is 0.494 e. The van der Waals surface area contributed by atoms with Gasteiger partial charge in [0.05, 0.1) is 19.8 Å². The van der Waals surface area contributed by atoms with Crippen molar-refractivity contribution in [2.45, 2.75) is 77.9 Å². The van der Waals surface area contributed by atoms with Gasteiger partial charge in [-0.2, -0.15) is 0 Å². The second-order valence-electron chi connectivity index (χ2n) is 10.0. The van der Waals surface area contributed by atoms with Gasteiger partial charge < -0.3 is 28.6 Å². The SMILES string of the molecule is CCOC(=O)CCCOc1cccc(CCCCCCOc2cc(Br)cc(CN(C)C)c2)c1CC(C=O)OCC. The Morgan fingerprint density at radius 1 is 0.975 bits per heavy atom. The lowest BCUT2D eigenvalue weighted by Gasteiger charge is -2.18. The molecular weight excluding hydrogens is 574 g/mol. The molecule has 0 N–H and O–H groups in total. The first-order valence-electron chi connectivity index (χ1n) is 14.4. The third kappa shape index (κ3) is 13.3. The summed E-state index contributed by atoms with van der Waals surface area (Å²) in [7, 11) is 4.11. The second kappa shape index (κ2) is 19.6. The fourth-order valence-electron chi connectivity index (χ4n) is 4.53. The van der Waals surface area contributed by atoms with E-state index < -0.39 is 6.10 Å². The van der Waals surface area contributed by atoms with E-state index in [1.165, 1.54) is 11.1 Å². The molecule has 7 nitrogen and oxygen atoms in total. The first kappa shape index (κ1) is 33.8. The van der Waals surface area contributed by atoms with Crippen molar-refractivity contribution < 1.29 is 28.5 Å². The average Bonchev–Trinajstić information content (AvgIpc) is 2.90. The molecule has 40 heavy (non-hydrogen) atoms. The minimum absolute atomic E-state index is 0.214. The molecule has 0 saturated carbocycles. The Morgan fingerprint density at radius 2 is 1.75 bits per heavy atom. The van der Waals surface area contributed by atoms with E-state index in [1.54, 1.807) is 6.92 Å². The summed E-state index contributed by atoms with van der Waals surface area (Å²) in [5.41, 5.74) is 3.40. The molecule has 2 aromatic carbocycles. The van der Waals surface area contributed by atoms with Crippen molar-refractivity contribution in [1.29, 1.82) is 0 Å². The molecule has 0 bridgehead atoms. The molecule has 0 saturated heterocycles. The van der Waals surface area contributed by atoms with Gasteiger partial charge in [0.25, 0.3) is 0 Å². The lowest BCUT2D eigenvalue weighted by atomic mass is 9.96. The van der Waals surface area contributed by atoms with Crippen LogP contribution in [0.25, 0.3) is 0 Å². The van der Waals surface area contributed by atoms with Crippen molar-refractivity contribution in [2.75, 3.05) is 40.5 Å². The summed E-state index contributed by atoms with van der Waals surface area (Å²) >= 11 is 3.58. The number of nitrogens with zero attached hydrogens (tertiary/aromatic N) is 1. The van der Waals surface area contributed by atoms with Crippen LogP contribution >= 0.6 is 15.9 Å². The molecule has 0 aromatic heterocycles. The van der Waals surface area contributed by atoms with Crippen LogP contribution in [0.1, 0.15) is 69.1 Å². The summed E-state index contributed by atoms with van der Waals surface area (Å²) in [6.07, 6.45) is 6.79. The average molecular weight is 621 g/mol. The Balaban J connectivity index is 1.87. The molecule has 2 aromatic rings. The molecule has 222 valence electrons. The fraction of sp³-hybridized carbons (Fsp3) is 0.562. The smallest absolute Gasteiger partial charge is 0.305 e. The van der Waals surface area contributed by atoms with Gasteiger partial charge in [-0.15, -0.1) is 0 Å². The van der Waals surface area contributed by atoms with Crippen LogP contribution in [-0.2, 0) is 38.4 Å². The van der Waals surface area contributed by atoms with Gasteiger partial charge in [-0.1, -0.05) is 40.9 Å². The lowest BCUT2D eigenvalue weighted by molar-refractivity contribution is -0.143. The Labute approximate surface area is 248 Å². The van der Waals surface area contributed by atoms with Crippen LogP contribution in [-0.4, -0.2) is 63.8 Å². The number of aryl methyl sites for hydroxylation is 1. The molecule has 0 aliphatic rings. The van der Waals surface area contributed by atoms with E-state index in [-0.39, 0.29) is 5.97 Å². The zero-order valence-electron chi connectivity index (χ0n) is 24.6. The van der Waals surface area contributed by atoms with Crippen LogP contribution in [0.5, 0.6) is 11.5 Å². The molecule has 0 aliphatic heterocycles. The van der Waals surface area contributed by atoms with E-state index >= 15 is 0 Å². The maximum atomic E-state index is 11.6. The van der Waals surface area contributed by atoms with Crippen LogP contribution < -0.4 is 9.47 Å². The molecule has 0 radical (unpaired) electrons. The normalized spacial score (nSPS) is 11.8. The number of esters is 1. The minimum atomic E-state index is -0.513. The zero-order valence-corrected chi connectivity index (χ0v) is 26.2. The Morgan fingerprint density at radius 3 is 2.48 bits per heavy atom. The van der Waals surface area contributed by atoms with Crippen molar-refractivity contribution in [1.82, 2.24) is 4.90 Å². The van der Waals surface area contributed by atoms with E-state index in [2.05, 4.69) is 53.1 Å². The first-order chi connectivity index (χ1) is 19.4. The number of rotatable bonds is 21. The summed E-state index contributed by atoms with van der Waals surface area (Å²) in [5, 5.41) is 0. The summed E-state index contributed by atoms with van der Waals surface area (Å²) in [4.78, 5) is 25.4. The quantitative estimate of drug-likeness (QED) is 0.0889. The standard InChI is InChI=1S/C32H46BrNO6/c1-5-37-29(24-35)22-30-26(14-11-15-31(30)40-18-12-16-32(36)38-6-2)13-9-7-8-10-17-39-28-20-25(23-34(3)4)19-27(33)21-28/h11,14-15,19-21,24,29H,5-10,12-13,16-18,22-23H2,1-4H3. The number of halogens is 1. The van der Waals surface area contributed by atoms with Crippen molar-refractivity contribution in [3.63, 3.8) is 0 Å². The van der Waals surface area contributed by atoms with E-state index in [0.29, 0.717) is 45.7 Å². The van der Waals surface area contributed by atoms with Crippen LogP contribution in [0.3, 0.4) is 0 Å². The number of unbranched alkanes of at least 4 members (excludes halogenated alkanes) is 3. The summed E-state index contributed by atoms with van der Waals surface area (Å²) in [6.45, 7) is 6.51. The minimum Gasteiger partial charge on any atom is -0.494 e. The first-order valence-corrected chi connectivity index (χ1v) is 15.2. The van der Waals surface area contributed by atoms with E-state index in [0.717, 1.165) is 66.5 Å². The maximum Gasteiger partial charge on any atom is 0.305 e. The van der Waals surface area contributed by atoms with E-state index in [1.807, 2.05) is 25.1 Å². The number of hydrogen-bond acceptors (Lipinski definition) is 7. The highest BCUT2D eigenvalue weighted by Gasteiger charge is 2.16. The second-order valence-corrected chi connectivity index (χ2v) is 10.9. The molecular formula is C32H46BrNO6. The van der Waals surface area contributed by atoms with Crippen LogP contribution in [0.4, 0.5) is 0 Å². The molecule has 0 heterocycles. The van der Waals surface area contributed by atoms with Gasteiger partial charge in [-0.25, -0.2) is 0 Å². The van der Waals surface area contributed by atoms with Crippen molar-refractivity contribution in [3.05, 3.63) is 57.6 Å². The highest BCUT2D eigenvalue weighted by atomic mass is 79.9. The van der Waals surface area contributed by atoms with Gasteiger partial charge in [0.2, 0.25) is 0 Å². The van der Waals surface area contributed by atoms with Crippen LogP contribution in [0.2, 0.25) is 0 Å². The number of carbonyl (C=O) groups excluding carboxylic acids is 2. The maximum absolute atomic E-state index is 11.6. The summed E-state index contributed by atoms with van der Waals surface area (Å²) in [5.74, 6) is 1.44. The van der Waals surface area contributed by atoms with E-state index in [4.69, 9.17) is 18.9 Å². The molecule has 0 amide bonds. The predicted molar refractivity (Wildman–Crippen MR) is 162 cm³/mol. The highest BCUT2D eigenvalue weighted by Crippen LogP contribution is 2.27. The fourth-order valence-corrected chi connectivity index (χ4v) is 5.05. The molecule has 0 fully saturated rings. The number of ether oxygens (including phenoxy) is 4. The zero-order chi connectivity index (χ0) is 29.2. The summed E-state index contributed by atoms with van der Waals surface area (Å²) < 4.78 is 23.7. The topological polar surface area (TPSA) is 74.3 Å². The predicted octanol–water partition coefficient (Wildman–Crippen LogP) is 6.56. The molecule has 0 aliphatic carbocycles. The van der Waals surface area contributed by atoms with Gasteiger partial charge in [0.1, 0.15) is 23.9 Å². The number of aldehydes is 1. The van der Waals surface area contributed by atoms with Crippen LogP contribution in [0, 0.1) is 0 Å². The monoisotopic (exact) mass is 619 g/mol. The lowest BCUT2D eigenvalue weighted by Crippen LogP contribution is -2.19. The summed E-state index contributed by atoms with van der Waals surface area (Å²) in [6, 6.07) is 12.3. The van der Waals surface area contributed by atoms with Gasteiger partial charge in [-0.05, 0) is 89.0 Å². The molecule has 8 heteroatoms. The van der Waals surface area contributed by atoms with Gasteiger partial charge >= 0.3 is 5.97 Å². The Bertz CT molecular complexity index is 1030. The molecule has 1 unspecified atom stereocenters. The molecule has 2 rings (SSSR count). The van der Waals surface area contributed by atoms with Gasteiger partial charge in [0, 0.05) is 36.0 Å². The van der Waals surface area contributed by atoms with Crippen LogP contribution in [0.15, 0.2) is 40.9 Å². The third-order valence-corrected chi connectivity index (χ3v) is 6.75. The highest BCUT2D eigenvalue weighted by molar-refractivity contribution is 9.10.